The lowest BCUT2D eigenvalue weighted by atomic mass is 10.0. The Bertz CT molecular complexity index is 1070. The third-order valence-electron chi connectivity index (χ3n) is 4.65. The van der Waals surface area contributed by atoms with Gasteiger partial charge in [-0.25, -0.2) is 4.39 Å². The van der Waals surface area contributed by atoms with Crippen LogP contribution >= 0.6 is 0 Å². The van der Waals surface area contributed by atoms with Crippen molar-refractivity contribution >= 4 is 11.7 Å². The number of hydrogen-bond donors (Lipinski definition) is 1. The van der Waals surface area contributed by atoms with E-state index in [9.17, 15) is 14.0 Å². The molecule has 1 aliphatic rings. The minimum absolute atomic E-state index is 0.0464. The summed E-state index contributed by atoms with van der Waals surface area (Å²) in [5.41, 5.74) is 7.14. The number of nitrogens with zero attached hydrogens (tertiary/aromatic N) is 1. The fourth-order valence-corrected chi connectivity index (χ4v) is 3.21. The number of carbonyl (C=O) groups is 2. The molecular weight excluding hydrogens is 375 g/mol. The highest BCUT2D eigenvalue weighted by Gasteiger charge is 2.25. The maximum atomic E-state index is 14.5. The van der Waals surface area contributed by atoms with Crippen LogP contribution in [0.3, 0.4) is 0 Å². The Kier molecular flexibility index (Phi) is 4.95. The largest absolute Gasteiger partial charge is 0.492 e. The number of fused-ring (bicyclic) bond motifs is 1. The molecule has 7 heteroatoms. The van der Waals surface area contributed by atoms with E-state index in [1.54, 1.807) is 48.8 Å². The van der Waals surface area contributed by atoms with Crippen LogP contribution in [0.2, 0.25) is 0 Å². The molecule has 0 bridgehead atoms. The van der Waals surface area contributed by atoms with Crippen molar-refractivity contribution in [2.24, 2.45) is 5.73 Å². The SMILES string of the molecule is NC(=O)c1ccc([C@H](Oc2cc(F)c3c(c2)OCCC3=O)c2ccncc2)cc1. The van der Waals surface area contributed by atoms with E-state index in [4.69, 9.17) is 15.2 Å². The molecule has 2 N–H and O–H groups in total. The Morgan fingerprint density at radius 3 is 2.48 bits per heavy atom. The molecule has 1 amide bonds. The Balaban J connectivity index is 1.72. The predicted molar refractivity (Wildman–Crippen MR) is 103 cm³/mol. The number of halogens is 1. The van der Waals surface area contributed by atoms with Crippen molar-refractivity contribution < 1.29 is 23.5 Å². The zero-order valence-electron chi connectivity index (χ0n) is 15.3. The molecule has 4 rings (SSSR count). The summed E-state index contributed by atoms with van der Waals surface area (Å²) >= 11 is 0. The van der Waals surface area contributed by atoms with Crippen LogP contribution < -0.4 is 15.2 Å². The normalized spacial score (nSPS) is 13.9. The van der Waals surface area contributed by atoms with Gasteiger partial charge in [-0.05, 0) is 35.4 Å². The summed E-state index contributed by atoms with van der Waals surface area (Å²) in [5, 5.41) is 0. The fourth-order valence-electron chi connectivity index (χ4n) is 3.21. The van der Waals surface area contributed by atoms with Crippen molar-refractivity contribution in [2.45, 2.75) is 12.5 Å². The lowest BCUT2D eigenvalue weighted by molar-refractivity contribution is 0.0926. The number of ketones is 1. The minimum atomic E-state index is -0.681. The van der Waals surface area contributed by atoms with Crippen LogP contribution in [0.5, 0.6) is 11.5 Å². The Hall–Kier alpha value is -3.74. The molecule has 2 aromatic carbocycles. The van der Waals surface area contributed by atoms with E-state index in [1.165, 1.54) is 12.1 Å². The summed E-state index contributed by atoms with van der Waals surface area (Å²) in [6.07, 6.45) is 2.80. The van der Waals surface area contributed by atoms with Crippen molar-refractivity contribution in [3.8, 4) is 11.5 Å². The number of rotatable bonds is 5. The van der Waals surface area contributed by atoms with Gasteiger partial charge in [-0.1, -0.05) is 12.1 Å². The highest BCUT2D eigenvalue weighted by atomic mass is 19.1. The Labute approximate surface area is 166 Å². The molecule has 0 aliphatic carbocycles. The van der Waals surface area contributed by atoms with Gasteiger partial charge >= 0.3 is 0 Å². The predicted octanol–water partition coefficient (Wildman–Crippen LogP) is 3.45. The fraction of sp³-hybridized carbons (Fsp3) is 0.136. The van der Waals surface area contributed by atoms with Crippen LogP contribution in [0.4, 0.5) is 4.39 Å². The number of primary amides is 1. The second-order valence-electron chi connectivity index (χ2n) is 6.56. The molecule has 0 unspecified atom stereocenters. The second kappa shape index (κ2) is 7.71. The molecule has 0 saturated heterocycles. The summed E-state index contributed by atoms with van der Waals surface area (Å²) in [6.45, 7) is 0.205. The second-order valence-corrected chi connectivity index (χ2v) is 6.56. The molecule has 6 nitrogen and oxygen atoms in total. The summed E-state index contributed by atoms with van der Waals surface area (Å²) in [5.74, 6) is -1.11. The number of aromatic nitrogens is 1. The topological polar surface area (TPSA) is 91.5 Å². The molecule has 2 heterocycles. The van der Waals surface area contributed by atoms with Gasteiger partial charge in [0.15, 0.2) is 5.78 Å². The lowest BCUT2D eigenvalue weighted by Crippen LogP contribution is -2.18. The highest BCUT2D eigenvalue weighted by Crippen LogP contribution is 2.35. The van der Waals surface area contributed by atoms with Gasteiger partial charge < -0.3 is 15.2 Å². The maximum absolute atomic E-state index is 14.5. The zero-order valence-corrected chi connectivity index (χ0v) is 15.3. The summed E-state index contributed by atoms with van der Waals surface area (Å²) in [7, 11) is 0. The van der Waals surface area contributed by atoms with Crippen molar-refractivity contribution in [3.05, 3.63) is 89.0 Å². The number of nitrogens with two attached hydrogens (primary N) is 1. The summed E-state index contributed by atoms with van der Waals surface area (Å²) in [4.78, 5) is 27.3. The van der Waals surface area contributed by atoms with Crippen molar-refractivity contribution in [1.82, 2.24) is 4.98 Å². The lowest BCUT2D eigenvalue weighted by Gasteiger charge is -2.22. The van der Waals surface area contributed by atoms with E-state index in [0.717, 1.165) is 11.1 Å². The van der Waals surface area contributed by atoms with Crippen LogP contribution in [-0.2, 0) is 0 Å². The van der Waals surface area contributed by atoms with Gasteiger partial charge in [-0.2, -0.15) is 0 Å². The number of Topliss-reactive ketones (excluding diaryl/α,β-unsaturated/α-hetero) is 1. The van der Waals surface area contributed by atoms with Crippen molar-refractivity contribution in [1.29, 1.82) is 0 Å². The van der Waals surface area contributed by atoms with E-state index >= 15 is 0 Å². The quantitative estimate of drug-likeness (QED) is 0.718. The van der Waals surface area contributed by atoms with E-state index in [0.29, 0.717) is 5.56 Å². The monoisotopic (exact) mass is 392 g/mol. The molecule has 3 aromatic rings. The van der Waals surface area contributed by atoms with Crippen LogP contribution in [0.15, 0.2) is 60.9 Å². The molecule has 0 fully saturated rings. The standard InChI is InChI=1S/C22H17FN2O4/c23-17-11-16(12-19-20(17)18(26)7-10-28-19)29-21(14-5-8-25-9-6-14)13-1-3-15(4-2-13)22(24)27/h1-6,8-9,11-12,21H,7,10H2,(H2,24,27)/t21-/m0/s1. The number of pyridine rings is 1. The van der Waals surface area contributed by atoms with Crippen LogP contribution in [0.1, 0.15) is 44.4 Å². The first-order valence-electron chi connectivity index (χ1n) is 8.99. The van der Waals surface area contributed by atoms with E-state index in [2.05, 4.69) is 4.98 Å². The first-order valence-corrected chi connectivity index (χ1v) is 8.99. The van der Waals surface area contributed by atoms with Gasteiger partial charge in [0.05, 0.1) is 12.2 Å². The molecule has 29 heavy (non-hydrogen) atoms. The average molecular weight is 392 g/mol. The third kappa shape index (κ3) is 3.80. The molecule has 0 radical (unpaired) electrons. The van der Waals surface area contributed by atoms with Gasteiger partial charge in [-0.15, -0.1) is 0 Å². The third-order valence-corrected chi connectivity index (χ3v) is 4.65. The van der Waals surface area contributed by atoms with Gasteiger partial charge in [0.2, 0.25) is 5.91 Å². The van der Waals surface area contributed by atoms with Gasteiger partial charge in [0, 0.05) is 36.5 Å². The molecule has 1 aliphatic heterocycles. The van der Waals surface area contributed by atoms with Crippen molar-refractivity contribution in [2.75, 3.05) is 6.61 Å². The van der Waals surface area contributed by atoms with Gasteiger partial charge in [-0.3, -0.25) is 14.6 Å². The smallest absolute Gasteiger partial charge is 0.248 e. The number of benzene rings is 2. The molecule has 1 atom stereocenters. The number of amides is 1. The molecule has 146 valence electrons. The van der Waals surface area contributed by atoms with Crippen LogP contribution in [0, 0.1) is 5.82 Å². The van der Waals surface area contributed by atoms with E-state index < -0.39 is 17.8 Å². The number of ether oxygens (including phenoxy) is 2. The maximum Gasteiger partial charge on any atom is 0.248 e. The van der Waals surface area contributed by atoms with E-state index in [1.807, 2.05) is 0 Å². The highest BCUT2D eigenvalue weighted by molar-refractivity contribution is 6.00. The van der Waals surface area contributed by atoms with Crippen molar-refractivity contribution in [3.63, 3.8) is 0 Å². The Morgan fingerprint density at radius 1 is 1.10 bits per heavy atom. The molecule has 0 saturated carbocycles. The molecular formula is C22H17FN2O4. The van der Waals surface area contributed by atoms with E-state index in [-0.39, 0.29) is 35.9 Å². The first kappa shape index (κ1) is 18.6. The van der Waals surface area contributed by atoms with Crippen LogP contribution in [-0.4, -0.2) is 23.3 Å². The summed E-state index contributed by atoms with van der Waals surface area (Å²) < 4.78 is 26.1. The van der Waals surface area contributed by atoms with Gasteiger partial charge in [0.25, 0.3) is 0 Å². The minimum Gasteiger partial charge on any atom is -0.492 e. The number of hydrogen-bond acceptors (Lipinski definition) is 5. The van der Waals surface area contributed by atoms with Crippen LogP contribution in [0.25, 0.3) is 0 Å². The average Bonchev–Trinajstić information content (AvgIpc) is 2.72. The number of carbonyl (C=O) groups excluding carboxylic acids is 2. The zero-order chi connectivity index (χ0) is 20.4. The molecule has 0 spiro atoms. The Morgan fingerprint density at radius 2 is 1.79 bits per heavy atom. The molecule has 1 aromatic heterocycles. The summed E-state index contributed by atoms with van der Waals surface area (Å²) in [6, 6.07) is 12.9. The first-order chi connectivity index (χ1) is 14.0. The van der Waals surface area contributed by atoms with Gasteiger partial charge in [0.1, 0.15) is 23.4 Å².